The third kappa shape index (κ3) is 8.15. The summed E-state index contributed by atoms with van der Waals surface area (Å²) in [5.74, 6) is -0.294. The summed E-state index contributed by atoms with van der Waals surface area (Å²) in [6.07, 6.45) is 0. The zero-order chi connectivity index (χ0) is 14.6. The predicted molar refractivity (Wildman–Crippen MR) is 72.2 cm³/mol. The molecule has 0 aliphatic rings. The van der Waals surface area contributed by atoms with Crippen molar-refractivity contribution >= 4 is 5.97 Å². The van der Waals surface area contributed by atoms with Gasteiger partial charge in [0.05, 0.1) is 39.6 Å². The smallest absolute Gasteiger partial charge is 0.328 e. The maximum atomic E-state index is 11.8. The molecule has 0 spiro atoms. The van der Waals surface area contributed by atoms with E-state index in [1.807, 2.05) is 6.92 Å². The number of methoxy groups -OCH3 is 1. The van der Waals surface area contributed by atoms with Gasteiger partial charge in [-0.3, -0.25) is 0 Å². The van der Waals surface area contributed by atoms with E-state index >= 15 is 0 Å². The van der Waals surface area contributed by atoms with E-state index in [0.717, 1.165) is 0 Å². The van der Waals surface area contributed by atoms with E-state index in [2.05, 4.69) is 5.32 Å². The lowest BCUT2D eigenvalue weighted by Crippen LogP contribution is -2.54. The van der Waals surface area contributed by atoms with Gasteiger partial charge in [-0.2, -0.15) is 0 Å². The van der Waals surface area contributed by atoms with Crippen molar-refractivity contribution < 1.29 is 23.7 Å². The SMILES string of the molecule is CCNC(C)(COCCOCCOC)C(=O)OCC. The van der Waals surface area contributed by atoms with Crippen LogP contribution in [0.15, 0.2) is 0 Å². The van der Waals surface area contributed by atoms with Gasteiger partial charge < -0.3 is 24.3 Å². The molecule has 0 aromatic rings. The second-order valence-electron chi connectivity index (χ2n) is 4.24. The zero-order valence-corrected chi connectivity index (χ0v) is 12.5. The minimum absolute atomic E-state index is 0.257. The van der Waals surface area contributed by atoms with Crippen LogP contribution in [0.5, 0.6) is 0 Å². The molecule has 0 bridgehead atoms. The molecule has 1 N–H and O–H groups in total. The number of carbonyl (C=O) groups is 1. The maximum absolute atomic E-state index is 11.8. The number of carbonyl (C=O) groups excluding carboxylic acids is 1. The molecular formula is C13H27NO5. The van der Waals surface area contributed by atoms with E-state index in [9.17, 15) is 4.79 Å². The van der Waals surface area contributed by atoms with Crippen molar-refractivity contribution in [3.63, 3.8) is 0 Å². The van der Waals surface area contributed by atoms with Gasteiger partial charge in [0.15, 0.2) is 0 Å². The number of likely N-dealkylation sites (N-methyl/N-ethyl adjacent to an activating group) is 1. The van der Waals surface area contributed by atoms with Crippen LogP contribution in [0.2, 0.25) is 0 Å². The van der Waals surface area contributed by atoms with Gasteiger partial charge in [-0.15, -0.1) is 0 Å². The van der Waals surface area contributed by atoms with Crippen LogP contribution >= 0.6 is 0 Å². The molecule has 0 saturated heterocycles. The highest BCUT2D eigenvalue weighted by atomic mass is 16.6. The molecule has 0 heterocycles. The normalized spacial score (nSPS) is 14.1. The number of rotatable bonds is 12. The van der Waals surface area contributed by atoms with Crippen molar-refractivity contribution in [2.45, 2.75) is 26.3 Å². The topological polar surface area (TPSA) is 66.0 Å². The molecular weight excluding hydrogens is 250 g/mol. The van der Waals surface area contributed by atoms with Gasteiger partial charge in [-0.1, -0.05) is 6.92 Å². The van der Waals surface area contributed by atoms with Crippen molar-refractivity contribution in [2.24, 2.45) is 0 Å². The summed E-state index contributed by atoms with van der Waals surface area (Å²) >= 11 is 0. The highest BCUT2D eigenvalue weighted by Gasteiger charge is 2.34. The summed E-state index contributed by atoms with van der Waals surface area (Å²) in [6, 6.07) is 0. The largest absolute Gasteiger partial charge is 0.465 e. The van der Waals surface area contributed by atoms with Crippen molar-refractivity contribution in [1.82, 2.24) is 5.32 Å². The summed E-state index contributed by atoms with van der Waals surface area (Å²) in [5.41, 5.74) is -0.808. The number of hydrogen-bond acceptors (Lipinski definition) is 6. The Hall–Kier alpha value is -0.690. The van der Waals surface area contributed by atoms with Gasteiger partial charge >= 0.3 is 5.97 Å². The predicted octanol–water partition coefficient (Wildman–Crippen LogP) is 0.597. The Balaban J connectivity index is 3.90. The lowest BCUT2D eigenvalue weighted by Gasteiger charge is -2.27. The number of esters is 1. The van der Waals surface area contributed by atoms with Crippen LogP contribution in [0, 0.1) is 0 Å². The summed E-state index contributed by atoms with van der Waals surface area (Å²) < 4.78 is 20.6. The second-order valence-corrected chi connectivity index (χ2v) is 4.24. The summed E-state index contributed by atoms with van der Waals surface area (Å²) in [4.78, 5) is 11.8. The molecule has 0 aliphatic carbocycles. The van der Waals surface area contributed by atoms with E-state index in [0.29, 0.717) is 39.6 Å². The standard InChI is InChI=1S/C13H27NO5/c1-5-14-13(3,12(15)19-6-2)11-18-10-9-17-8-7-16-4/h14H,5-11H2,1-4H3. The van der Waals surface area contributed by atoms with E-state index in [-0.39, 0.29) is 12.6 Å². The fourth-order valence-electron chi connectivity index (χ4n) is 1.50. The summed E-state index contributed by atoms with van der Waals surface area (Å²) in [7, 11) is 1.63. The van der Waals surface area contributed by atoms with E-state index in [4.69, 9.17) is 18.9 Å². The van der Waals surface area contributed by atoms with Crippen molar-refractivity contribution in [1.29, 1.82) is 0 Å². The molecule has 6 nitrogen and oxygen atoms in total. The third-order valence-corrected chi connectivity index (χ3v) is 2.49. The molecule has 0 aromatic carbocycles. The second kappa shape index (κ2) is 11.2. The molecule has 6 heteroatoms. The van der Waals surface area contributed by atoms with Crippen LogP contribution in [0.3, 0.4) is 0 Å². The molecule has 0 amide bonds. The van der Waals surface area contributed by atoms with Crippen LogP contribution in [0.25, 0.3) is 0 Å². The number of ether oxygens (including phenoxy) is 4. The van der Waals surface area contributed by atoms with Crippen LogP contribution in [0.4, 0.5) is 0 Å². The summed E-state index contributed by atoms with van der Waals surface area (Å²) in [6.45, 7) is 8.81. The molecule has 0 radical (unpaired) electrons. The highest BCUT2D eigenvalue weighted by Crippen LogP contribution is 2.07. The Morgan fingerprint density at radius 1 is 1.11 bits per heavy atom. The first-order valence-electron chi connectivity index (χ1n) is 6.67. The Morgan fingerprint density at radius 3 is 2.32 bits per heavy atom. The van der Waals surface area contributed by atoms with Crippen LogP contribution in [-0.2, 0) is 23.7 Å². The molecule has 0 aromatic heterocycles. The molecule has 114 valence electrons. The molecule has 0 saturated carbocycles. The lowest BCUT2D eigenvalue weighted by molar-refractivity contribution is -0.153. The van der Waals surface area contributed by atoms with E-state index in [1.165, 1.54) is 0 Å². The van der Waals surface area contributed by atoms with Crippen LogP contribution in [-0.4, -0.2) is 64.8 Å². The van der Waals surface area contributed by atoms with Gasteiger partial charge in [0.2, 0.25) is 0 Å². The molecule has 0 aliphatic heterocycles. The molecule has 0 fully saturated rings. The number of hydrogen-bond donors (Lipinski definition) is 1. The van der Waals surface area contributed by atoms with E-state index < -0.39 is 5.54 Å². The van der Waals surface area contributed by atoms with Gasteiger partial charge in [0.25, 0.3) is 0 Å². The Labute approximate surface area is 115 Å². The van der Waals surface area contributed by atoms with Gasteiger partial charge in [-0.25, -0.2) is 4.79 Å². The molecule has 1 unspecified atom stereocenters. The van der Waals surface area contributed by atoms with Crippen LogP contribution < -0.4 is 5.32 Å². The zero-order valence-electron chi connectivity index (χ0n) is 12.5. The summed E-state index contributed by atoms with van der Waals surface area (Å²) in [5, 5.41) is 3.09. The average Bonchev–Trinajstić information content (AvgIpc) is 2.38. The van der Waals surface area contributed by atoms with Gasteiger partial charge in [-0.05, 0) is 20.4 Å². The van der Waals surface area contributed by atoms with Gasteiger partial charge in [0, 0.05) is 7.11 Å². The minimum Gasteiger partial charge on any atom is -0.465 e. The first kappa shape index (κ1) is 18.3. The van der Waals surface area contributed by atoms with Crippen molar-refractivity contribution in [3.8, 4) is 0 Å². The lowest BCUT2D eigenvalue weighted by atomic mass is 10.0. The monoisotopic (exact) mass is 277 g/mol. The average molecular weight is 277 g/mol. The van der Waals surface area contributed by atoms with Gasteiger partial charge in [0.1, 0.15) is 5.54 Å². The Morgan fingerprint density at radius 2 is 1.74 bits per heavy atom. The minimum atomic E-state index is -0.808. The fourth-order valence-corrected chi connectivity index (χ4v) is 1.50. The van der Waals surface area contributed by atoms with Crippen molar-refractivity contribution in [3.05, 3.63) is 0 Å². The molecule has 19 heavy (non-hydrogen) atoms. The first-order valence-corrected chi connectivity index (χ1v) is 6.67. The highest BCUT2D eigenvalue weighted by molar-refractivity contribution is 5.80. The number of nitrogens with one attached hydrogen (secondary N) is 1. The Bertz CT molecular complexity index is 237. The van der Waals surface area contributed by atoms with Crippen molar-refractivity contribution in [2.75, 3.05) is 53.3 Å². The maximum Gasteiger partial charge on any atom is 0.328 e. The van der Waals surface area contributed by atoms with Crippen LogP contribution in [0.1, 0.15) is 20.8 Å². The quantitative estimate of drug-likeness (QED) is 0.416. The molecule has 1 atom stereocenters. The third-order valence-electron chi connectivity index (χ3n) is 2.49. The first-order chi connectivity index (χ1) is 9.10. The Kier molecular flexibility index (Phi) is 10.8. The molecule has 0 rings (SSSR count). The fraction of sp³-hybridized carbons (Fsp3) is 0.923. The van der Waals surface area contributed by atoms with E-state index in [1.54, 1.807) is 21.0 Å².